The van der Waals surface area contributed by atoms with Gasteiger partial charge in [-0.05, 0) is 19.4 Å². The van der Waals surface area contributed by atoms with Gasteiger partial charge in [0.2, 0.25) is 0 Å². The van der Waals surface area contributed by atoms with Crippen molar-refractivity contribution in [1.29, 1.82) is 0 Å². The number of methoxy groups -OCH3 is 1. The lowest BCUT2D eigenvalue weighted by molar-refractivity contribution is 0.192. The van der Waals surface area contributed by atoms with E-state index < -0.39 is 0 Å². The third kappa shape index (κ3) is 8.65. The SMILES string of the molecule is COCCCCNCCI. The second kappa shape index (κ2) is 9.65. The molecule has 10 heavy (non-hydrogen) atoms. The van der Waals surface area contributed by atoms with Crippen LogP contribution in [0.15, 0.2) is 0 Å². The van der Waals surface area contributed by atoms with Gasteiger partial charge in [0.1, 0.15) is 0 Å². The largest absolute Gasteiger partial charge is 0.385 e. The Kier molecular flexibility index (Phi) is 10.3. The van der Waals surface area contributed by atoms with Gasteiger partial charge in [0.05, 0.1) is 0 Å². The summed E-state index contributed by atoms with van der Waals surface area (Å²) in [7, 11) is 1.75. The second-order valence-electron chi connectivity index (χ2n) is 2.14. The molecule has 0 saturated carbocycles. The Labute approximate surface area is 76.9 Å². The Morgan fingerprint density at radius 2 is 2.10 bits per heavy atom. The molecule has 0 atom stereocenters. The van der Waals surface area contributed by atoms with Crippen LogP contribution in [-0.2, 0) is 4.74 Å². The maximum absolute atomic E-state index is 4.92. The van der Waals surface area contributed by atoms with E-state index in [0.29, 0.717) is 0 Å². The number of rotatable bonds is 7. The van der Waals surface area contributed by atoms with E-state index in [-0.39, 0.29) is 0 Å². The molecule has 3 heteroatoms. The molecule has 0 bridgehead atoms. The van der Waals surface area contributed by atoms with E-state index >= 15 is 0 Å². The topological polar surface area (TPSA) is 21.3 Å². The Hall–Kier alpha value is 0.650. The summed E-state index contributed by atoms with van der Waals surface area (Å²) in [6, 6.07) is 0. The van der Waals surface area contributed by atoms with Crippen LogP contribution < -0.4 is 5.32 Å². The second-order valence-corrected chi connectivity index (χ2v) is 3.22. The monoisotopic (exact) mass is 257 g/mol. The molecule has 2 nitrogen and oxygen atoms in total. The van der Waals surface area contributed by atoms with Gasteiger partial charge in [0.25, 0.3) is 0 Å². The number of alkyl halides is 1. The van der Waals surface area contributed by atoms with Gasteiger partial charge in [0, 0.05) is 24.7 Å². The third-order valence-corrected chi connectivity index (χ3v) is 1.76. The van der Waals surface area contributed by atoms with Crippen molar-refractivity contribution in [2.75, 3.05) is 31.2 Å². The van der Waals surface area contributed by atoms with Crippen molar-refractivity contribution in [3.8, 4) is 0 Å². The molecule has 0 aliphatic rings. The van der Waals surface area contributed by atoms with Crippen LogP contribution in [0.2, 0.25) is 0 Å². The zero-order valence-electron chi connectivity index (χ0n) is 6.53. The van der Waals surface area contributed by atoms with Crippen LogP contribution in [0.5, 0.6) is 0 Å². The van der Waals surface area contributed by atoms with E-state index in [4.69, 9.17) is 4.74 Å². The van der Waals surface area contributed by atoms with Gasteiger partial charge in [-0.2, -0.15) is 0 Å². The molecule has 0 fully saturated rings. The number of ether oxygens (including phenoxy) is 1. The summed E-state index contributed by atoms with van der Waals surface area (Å²) in [5.74, 6) is 0. The molecule has 0 saturated heterocycles. The maximum atomic E-state index is 4.92. The van der Waals surface area contributed by atoms with Crippen LogP contribution in [0, 0.1) is 0 Å². The summed E-state index contributed by atoms with van der Waals surface area (Å²) in [4.78, 5) is 0. The molecule has 0 heterocycles. The minimum atomic E-state index is 0.895. The fourth-order valence-electron chi connectivity index (χ4n) is 0.688. The van der Waals surface area contributed by atoms with Gasteiger partial charge in [0.15, 0.2) is 0 Å². The van der Waals surface area contributed by atoms with E-state index in [1.807, 2.05) is 0 Å². The smallest absolute Gasteiger partial charge is 0.0462 e. The Bertz CT molecular complexity index is 53.6. The number of hydrogen-bond donors (Lipinski definition) is 1. The number of halogens is 1. The predicted molar refractivity (Wildman–Crippen MR) is 52.9 cm³/mol. The van der Waals surface area contributed by atoms with Crippen molar-refractivity contribution < 1.29 is 4.74 Å². The van der Waals surface area contributed by atoms with Crippen LogP contribution in [0.3, 0.4) is 0 Å². The minimum Gasteiger partial charge on any atom is -0.385 e. The van der Waals surface area contributed by atoms with Gasteiger partial charge < -0.3 is 10.1 Å². The van der Waals surface area contributed by atoms with Crippen molar-refractivity contribution in [2.45, 2.75) is 12.8 Å². The van der Waals surface area contributed by atoms with Crippen molar-refractivity contribution >= 4 is 22.6 Å². The summed E-state index contributed by atoms with van der Waals surface area (Å²) >= 11 is 2.37. The molecule has 0 unspecified atom stereocenters. The highest BCUT2D eigenvalue weighted by atomic mass is 127. The summed E-state index contributed by atoms with van der Waals surface area (Å²) in [6.45, 7) is 3.16. The molecule has 0 aliphatic heterocycles. The molecule has 0 spiro atoms. The lowest BCUT2D eigenvalue weighted by atomic mass is 10.3. The average Bonchev–Trinajstić information content (AvgIpc) is 1.97. The zero-order valence-corrected chi connectivity index (χ0v) is 8.69. The van der Waals surface area contributed by atoms with E-state index in [0.717, 1.165) is 19.7 Å². The number of unbranched alkanes of at least 4 members (excludes halogenated alkanes) is 1. The summed E-state index contributed by atoms with van der Waals surface area (Å²) in [6.07, 6.45) is 2.40. The molecule has 0 rings (SSSR count). The van der Waals surface area contributed by atoms with Crippen LogP contribution in [0.1, 0.15) is 12.8 Å². The van der Waals surface area contributed by atoms with Gasteiger partial charge in [-0.25, -0.2) is 0 Å². The first-order valence-electron chi connectivity index (χ1n) is 3.67. The minimum absolute atomic E-state index is 0.895. The maximum Gasteiger partial charge on any atom is 0.0462 e. The Morgan fingerprint density at radius 3 is 2.70 bits per heavy atom. The standard InChI is InChI=1S/C7H16INO/c1-10-7-3-2-5-9-6-4-8/h9H,2-7H2,1H3. The van der Waals surface area contributed by atoms with Crippen LogP contribution in [0.4, 0.5) is 0 Å². The Morgan fingerprint density at radius 1 is 1.30 bits per heavy atom. The van der Waals surface area contributed by atoms with E-state index in [9.17, 15) is 0 Å². The lowest BCUT2D eigenvalue weighted by Gasteiger charge is -2.00. The summed E-state index contributed by atoms with van der Waals surface area (Å²) in [5.41, 5.74) is 0. The van der Waals surface area contributed by atoms with Crippen molar-refractivity contribution in [1.82, 2.24) is 5.32 Å². The molecule has 0 aromatic rings. The first kappa shape index (κ1) is 10.7. The van der Waals surface area contributed by atoms with Crippen molar-refractivity contribution in [3.05, 3.63) is 0 Å². The first-order chi connectivity index (χ1) is 4.91. The molecule has 62 valence electrons. The van der Waals surface area contributed by atoms with Gasteiger partial charge in [-0.3, -0.25) is 0 Å². The average molecular weight is 257 g/mol. The van der Waals surface area contributed by atoms with E-state index in [1.54, 1.807) is 7.11 Å². The molecule has 0 aromatic heterocycles. The van der Waals surface area contributed by atoms with Crippen LogP contribution in [-0.4, -0.2) is 31.2 Å². The van der Waals surface area contributed by atoms with E-state index in [1.165, 1.54) is 17.3 Å². The zero-order chi connectivity index (χ0) is 7.66. The number of hydrogen-bond acceptors (Lipinski definition) is 2. The fourth-order valence-corrected chi connectivity index (χ4v) is 1.07. The predicted octanol–water partition coefficient (Wildman–Crippen LogP) is 1.44. The Balaban J connectivity index is 2.65. The molecule has 0 aliphatic carbocycles. The van der Waals surface area contributed by atoms with Gasteiger partial charge in [-0.15, -0.1) is 0 Å². The molecule has 1 N–H and O–H groups in total. The van der Waals surface area contributed by atoms with Crippen molar-refractivity contribution in [2.24, 2.45) is 0 Å². The quantitative estimate of drug-likeness (QED) is 0.423. The molecular weight excluding hydrogens is 241 g/mol. The fraction of sp³-hybridized carbons (Fsp3) is 1.00. The molecular formula is C7H16INO. The third-order valence-electron chi connectivity index (χ3n) is 1.22. The molecule has 0 amide bonds. The van der Waals surface area contributed by atoms with Crippen LogP contribution >= 0.6 is 22.6 Å². The van der Waals surface area contributed by atoms with Gasteiger partial charge in [-0.1, -0.05) is 22.6 Å². The molecule has 0 aromatic carbocycles. The highest BCUT2D eigenvalue weighted by Gasteiger charge is 1.86. The highest BCUT2D eigenvalue weighted by Crippen LogP contribution is 1.86. The van der Waals surface area contributed by atoms with E-state index in [2.05, 4.69) is 27.9 Å². The summed E-state index contributed by atoms with van der Waals surface area (Å²) in [5, 5.41) is 3.33. The lowest BCUT2D eigenvalue weighted by Crippen LogP contribution is -2.17. The number of nitrogens with one attached hydrogen (secondary N) is 1. The van der Waals surface area contributed by atoms with Gasteiger partial charge >= 0.3 is 0 Å². The summed E-state index contributed by atoms with van der Waals surface area (Å²) < 4.78 is 6.12. The highest BCUT2D eigenvalue weighted by molar-refractivity contribution is 14.1. The normalized spacial score (nSPS) is 10.2. The molecule has 0 radical (unpaired) electrons. The van der Waals surface area contributed by atoms with Crippen LogP contribution in [0.25, 0.3) is 0 Å². The first-order valence-corrected chi connectivity index (χ1v) is 5.20. The van der Waals surface area contributed by atoms with Crippen molar-refractivity contribution in [3.63, 3.8) is 0 Å².